The van der Waals surface area contributed by atoms with Crippen molar-refractivity contribution in [1.82, 2.24) is 0 Å². The summed E-state index contributed by atoms with van der Waals surface area (Å²) in [6, 6.07) is 0. The topological polar surface area (TPSA) is 63.3 Å². The Hall–Kier alpha value is -0.570. The minimum absolute atomic E-state index is 0.194. The van der Waals surface area contributed by atoms with Gasteiger partial charge in [0.1, 0.15) is 0 Å². The molecule has 0 aromatic carbocycles. The predicted molar refractivity (Wildman–Crippen MR) is 60.6 cm³/mol. The van der Waals surface area contributed by atoms with Crippen molar-refractivity contribution in [2.75, 3.05) is 0 Å². The monoisotopic (exact) mass is 213 g/mol. The molecule has 3 heteroatoms. The number of carboxylic acids is 1. The minimum atomic E-state index is -0.730. The third-order valence-corrected chi connectivity index (χ3v) is 3.95. The SMILES string of the molecule is CC1(C)CCC(CC(=O)O)(C(C)(C)N)C1. The van der Waals surface area contributed by atoms with Crippen molar-refractivity contribution in [2.45, 2.75) is 58.9 Å². The second-order valence-corrected chi connectivity index (χ2v) is 6.41. The zero-order chi connectivity index (χ0) is 11.9. The van der Waals surface area contributed by atoms with E-state index >= 15 is 0 Å². The molecule has 3 nitrogen and oxygen atoms in total. The molecule has 1 aliphatic rings. The van der Waals surface area contributed by atoms with Gasteiger partial charge in [-0.3, -0.25) is 4.79 Å². The number of aliphatic carboxylic acids is 1. The van der Waals surface area contributed by atoms with Crippen LogP contribution >= 0.6 is 0 Å². The van der Waals surface area contributed by atoms with E-state index in [2.05, 4.69) is 13.8 Å². The molecule has 1 unspecified atom stereocenters. The van der Waals surface area contributed by atoms with Crippen LogP contribution < -0.4 is 5.73 Å². The number of carbonyl (C=O) groups is 1. The van der Waals surface area contributed by atoms with Gasteiger partial charge in [0.05, 0.1) is 6.42 Å². The number of hydrogen-bond donors (Lipinski definition) is 2. The average Bonchev–Trinajstić information content (AvgIpc) is 2.24. The van der Waals surface area contributed by atoms with Crippen molar-refractivity contribution >= 4 is 5.97 Å². The first-order valence-corrected chi connectivity index (χ1v) is 5.59. The van der Waals surface area contributed by atoms with Crippen LogP contribution in [-0.2, 0) is 4.79 Å². The van der Waals surface area contributed by atoms with Crippen LogP contribution in [0.1, 0.15) is 53.4 Å². The van der Waals surface area contributed by atoms with E-state index in [0.29, 0.717) is 0 Å². The number of nitrogens with two attached hydrogens (primary N) is 1. The molecule has 0 aromatic rings. The van der Waals surface area contributed by atoms with Crippen LogP contribution in [0.15, 0.2) is 0 Å². The molecule has 0 radical (unpaired) electrons. The Morgan fingerprint density at radius 3 is 2.20 bits per heavy atom. The largest absolute Gasteiger partial charge is 0.481 e. The summed E-state index contributed by atoms with van der Waals surface area (Å²) in [6.07, 6.45) is 3.10. The highest BCUT2D eigenvalue weighted by Gasteiger charge is 2.51. The zero-order valence-electron chi connectivity index (χ0n) is 10.3. The first-order chi connectivity index (χ1) is 6.58. The summed E-state index contributed by atoms with van der Waals surface area (Å²) in [4.78, 5) is 11.0. The summed E-state index contributed by atoms with van der Waals surface area (Å²) >= 11 is 0. The Morgan fingerprint density at radius 2 is 1.93 bits per heavy atom. The van der Waals surface area contributed by atoms with Gasteiger partial charge in [0.2, 0.25) is 0 Å². The molecule has 1 rings (SSSR count). The molecular formula is C12H23NO2. The second kappa shape index (κ2) is 3.48. The lowest BCUT2D eigenvalue weighted by Gasteiger charge is -2.41. The Kier molecular flexibility index (Phi) is 2.90. The summed E-state index contributed by atoms with van der Waals surface area (Å²) in [5.74, 6) is -0.730. The Morgan fingerprint density at radius 1 is 1.40 bits per heavy atom. The number of hydrogen-bond acceptors (Lipinski definition) is 2. The third-order valence-electron chi connectivity index (χ3n) is 3.95. The van der Waals surface area contributed by atoms with E-state index < -0.39 is 11.5 Å². The molecular weight excluding hydrogens is 190 g/mol. The summed E-state index contributed by atoms with van der Waals surface area (Å²) in [7, 11) is 0. The molecule has 1 aliphatic carbocycles. The van der Waals surface area contributed by atoms with Gasteiger partial charge >= 0.3 is 5.97 Å². The lowest BCUT2D eigenvalue weighted by molar-refractivity contribution is -0.141. The highest BCUT2D eigenvalue weighted by molar-refractivity contribution is 5.68. The third kappa shape index (κ3) is 2.51. The summed E-state index contributed by atoms with van der Waals surface area (Å²) in [5, 5.41) is 9.02. The highest BCUT2D eigenvalue weighted by atomic mass is 16.4. The molecule has 1 fully saturated rings. The van der Waals surface area contributed by atoms with Crippen LogP contribution in [0.3, 0.4) is 0 Å². The maximum atomic E-state index is 11.0. The van der Waals surface area contributed by atoms with E-state index in [0.717, 1.165) is 19.3 Å². The van der Waals surface area contributed by atoms with Gasteiger partial charge < -0.3 is 10.8 Å². The van der Waals surface area contributed by atoms with Crippen LogP contribution in [0.25, 0.3) is 0 Å². The second-order valence-electron chi connectivity index (χ2n) is 6.41. The number of carboxylic acid groups (broad SMARTS) is 1. The molecule has 0 heterocycles. The molecule has 0 aromatic heterocycles. The van der Waals surface area contributed by atoms with Gasteiger partial charge in [0, 0.05) is 5.54 Å². The molecule has 0 amide bonds. The maximum absolute atomic E-state index is 11.0. The van der Waals surface area contributed by atoms with Crippen LogP contribution in [0.4, 0.5) is 0 Å². The Labute approximate surface area is 92.0 Å². The summed E-state index contributed by atoms with van der Waals surface area (Å²) in [6.45, 7) is 8.30. The highest BCUT2D eigenvalue weighted by Crippen LogP contribution is 2.55. The van der Waals surface area contributed by atoms with Crippen molar-refractivity contribution < 1.29 is 9.90 Å². The quantitative estimate of drug-likeness (QED) is 0.756. The van der Waals surface area contributed by atoms with Crippen molar-refractivity contribution in [3.05, 3.63) is 0 Å². The van der Waals surface area contributed by atoms with Gasteiger partial charge in [-0.2, -0.15) is 0 Å². The fourth-order valence-corrected chi connectivity index (χ4v) is 2.89. The van der Waals surface area contributed by atoms with Gasteiger partial charge in [-0.1, -0.05) is 13.8 Å². The Bertz CT molecular complexity index is 265. The van der Waals surface area contributed by atoms with E-state index in [1.165, 1.54) is 0 Å². The lowest BCUT2D eigenvalue weighted by atomic mass is 9.67. The molecule has 88 valence electrons. The van der Waals surface area contributed by atoms with E-state index in [4.69, 9.17) is 10.8 Å². The van der Waals surface area contributed by atoms with Crippen molar-refractivity contribution in [3.8, 4) is 0 Å². The minimum Gasteiger partial charge on any atom is -0.481 e. The summed E-state index contributed by atoms with van der Waals surface area (Å²) in [5.41, 5.74) is 5.76. The van der Waals surface area contributed by atoms with Gasteiger partial charge in [0.25, 0.3) is 0 Å². The molecule has 0 bridgehead atoms. The van der Waals surface area contributed by atoms with Crippen LogP contribution in [0, 0.1) is 10.8 Å². The fraction of sp³-hybridized carbons (Fsp3) is 0.917. The number of rotatable bonds is 3. The molecule has 0 aliphatic heterocycles. The standard InChI is InChI=1S/C12H23NO2/c1-10(2)5-6-12(8-10,7-9(14)15)11(3,4)13/h5-8,13H2,1-4H3,(H,14,15). The zero-order valence-corrected chi connectivity index (χ0v) is 10.3. The van der Waals surface area contributed by atoms with Crippen molar-refractivity contribution in [1.29, 1.82) is 0 Å². The van der Waals surface area contributed by atoms with E-state index in [9.17, 15) is 4.79 Å². The first-order valence-electron chi connectivity index (χ1n) is 5.59. The molecule has 1 atom stereocenters. The molecule has 0 spiro atoms. The van der Waals surface area contributed by atoms with Gasteiger partial charge in [0.15, 0.2) is 0 Å². The molecule has 0 saturated heterocycles. The van der Waals surface area contributed by atoms with Crippen molar-refractivity contribution in [2.24, 2.45) is 16.6 Å². The smallest absolute Gasteiger partial charge is 0.303 e. The first kappa shape index (κ1) is 12.5. The van der Waals surface area contributed by atoms with Gasteiger partial charge in [-0.05, 0) is 43.9 Å². The van der Waals surface area contributed by atoms with E-state index in [-0.39, 0.29) is 17.3 Å². The van der Waals surface area contributed by atoms with E-state index in [1.807, 2.05) is 13.8 Å². The predicted octanol–water partition coefficient (Wildman–Crippen LogP) is 2.39. The van der Waals surface area contributed by atoms with Gasteiger partial charge in [-0.25, -0.2) is 0 Å². The van der Waals surface area contributed by atoms with Gasteiger partial charge in [-0.15, -0.1) is 0 Å². The summed E-state index contributed by atoms with van der Waals surface area (Å²) < 4.78 is 0. The van der Waals surface area contributed by atoms with Crippen LogP contribution in [-0.4, -0.2) is 16.6 Å². The van der Waals surface area contributed by atoms with E-state index in [1.54, 1.807) is 0 Å². The average molecular weight is 213 g/mol. The fourth-order valence-electron chi connectivity index (χ4n) is 2.89. The normalized spacial score (nSPS) is 30.5. The van der Waals surface area contributed by atoms with Crippen molar-refractivity contribution in [3.63, 3.8) is 0 Å². The molecule has 15 heavy (non-hydrogen) atoms. The molecule has 3 N–H and O–H groups in total. The lowest BCUT2D eigenvalue weighted by Crippen LogP contribution is -2.50. The van der Waals surface area contributed by atoms with Crippen LogP contribution in [0.5, 0.6) is 0 Å². The Balaban J connectivity index is 2.95. The van der Waals surface area contributed by atoms with Crippen LogP contribution in [0.2, 0.25) is 0 Å². The molecule has 1 saturated carbocycles. The maximum Gasteiger partial charge on any atom is 0.303 e.